The van der Waals surface area contributed by atoms with Crippen molar-refractivity contribution in [2.24, 2.45) is 0 Å². The van der Waals surface area contributed by atoms with Crippen LogP contribution in [0.15, 0.2) is 42.5 Å². The van der Waals surface area contributed by atoms with Gasteiger partial charge < -0.3 is 10.1 Å². The summed E-state index contributed by atoms with van der Waals surface area (Å²) in [6.45, 7) is 4.09. The number of benzene rings is 2. The van der Waals surface area contributed by atoms with Crippen LogP contribution in [0.25, 0.3) is 0 Å². The molecule has 4 nitrogen and oxygen atoms in total. The van der Waals surface area contributed by atoms with E-state index in [0.717, 1.165) is 28.1 Å². The summed E-state index contributed by atoms with van der Waals surface area (Å²) in [5, 5.41) is 3.41. The van der Waals surface area contributed by atoms with Gasteiger partial charge in [-0.15, -0.1) is 0 Å². The summed E-state index contributed by atoms with van der Waals surface area (Å²) >= 11 is 0. The Hall–Kier alpha value is -2.01. The summed E-state index contributed by atoms with van der Waals surface area (Å²) in [7, 11) is -1.37. The molecule has 0 aliphatic heterocycles. The zero-order valence-electron chi connectivity index (χ0n) is 14.0. The zero-order chi connectivity index (χ0) is 17.0. The minimum absolute atomic E-state index is 0.0541. The molecular weight excluding hydrogens is 310 g/mol. The molecule has 2 aromatic rings. The first-order valence-corrected chi connectivity index (χ1v) is 9.52. The standard InChI is InChI=1S/C18H23NO3S/c1-13-10-16(8-9-18(13)22-3)14(2)19-17-7-5-6-15(11-17)12-23(4,20)21/h5-11,14,19H,12H2,1-4H3/t14-/m0/s1. The second kappa shape index (κ2) is 7.04. The van der Waals surface area contributed by atoms with Gasteiger partial charge in [-0.3, -0.25) is 0 Å². The Morgan fingerprint density at radius 3 is 2.52 bits per heavy atom. The number of methoxy groups -OCH3 is 1. The third-order valence-electron chi connectivity index (χ3n) is 3.66. The maximum atomic E-state index is 11.4. The molecule has 0 aliphatic rings. The normalized spacial score (nSPS) is 12.7. The molecule has 1 atom stereocenters. The summed E-state index contributed by atoms with van der Waals surface area (Å²) in [6, 6.07) is 13.7. The molecule has 0 saturated heterocycles. The largest absolute Gasteiger partial charge is 0.496 e. The highest BCUT2D eigenvalue weighted by Crippen LogP contribution is 2.25. The summed E-state index contributed by atoms with van der Waals surface area (Å²) in [5.74, 6) is 0.926. The molecule has 23 heavy (non-hydrogen) atoms. The van der Waals surface area contributed by atoms with Crippen LogP contribution in [0.4, 0.5) is 5.69 Å². The van der Waals surface area contributed by atoms with E-state index in [-0.39, 0.29) is 11.8 Å². The fourth-order valence-corrected chi connectivity index (χ4v) is 3.34. The average molecular weight is 333 g/mol. The molecule has 2 rings (SSSR count). The van der Waals surface area contributed by atoms with E-state index in [0.29, 0.717) is 0 Å². The average Bonchev–Trinajstić information content (AvgIpc) is 2.45. The number of sulfone groups is 1. The molecule has 0 fully saturated rings. The minimum Gasteiger partial charge on any atom is -0.496 e. The van der Waals surface area contributed by atoms with E-state index in [2.05, 4.69) is 18.3 Å². The fourth-order valence-electron chi connectivity index (χ4n) is 2.56. The maximum Gasteiger partial charge on any atom is 0.151 e. The van der Waals surface area contributed by atoms with Crippen molar-refractivity contribution in [1.29, 1.82) is 0 Å². The third kappa shape index (κ3) is 4.99. The minimum atomic E-state index is -3.03. The van der Waals surface area contributed by atoms with Gasteiger partial charge in [0, 0.05) is 18.0 Å². The van der Waals surface area contributed by atoms with E-state index in [1.807, 2.05) is 43.3 Å². The monoisotopic (exact) mass is 333 g/mol. The van der Waals surface area contributed by atoms with Crippen molar-refractivity contribution in [1.82, 2.24) is 0 Å². The topological polar surface area (TPSA) is 55.4 Å². The van der Waals surface area contributed by atoms with E-state index in [1.54, 1.807) is 7.11 Å². The Balaban J connectivity index is 2.15. The van der Waals surface area contributed by atoms with E-state index in [1.165, 1.54) is 6.26 Å². The number of aryl methyl sites for hydroxylation is 1. The van der Waals surface area contributed by atoms with Crippen LogP contribution in [-0.4, -0.2) is 21.8 Å². The third-order valence-corrected chi connectivity index (χ3v) is 4.52. The van der Waals surface area contributed by atoms with Gasteiger partial charge in [-0.05, 0) is 48.7 Å². The Labute approximate surface area is 138 Å². The molecule has 0 saturated carbocycles. The van der Waals surface area contributed by atoms with Gasteiger partial charge in [0.05, 0.1) is 12.9 Å². The van der Waals surface area contributed by atoms with Crippen molar-refractivity contribution in [3.8, 4) is 5.75 Å². The first-order valence-electron chi connectivity index (χ1n) is 7.46. The van der Waals surface area contributed by atoms with Gasteiger partial charge in [0.2, 0.25) is 0 Å². The van der Waals surface area contributed by atoms with E-state index >= 15 is 0 Å². The number of ether oxygens (including phenoxy) is 1. The van der Waals surface area contributed by atoms with E-state index < -0.39 is 9.84 Å². The molecular formula is C18H23NO3S. The molecule has 0 bridgehead atoms. The van der Waals surface area contributed by atoms with Crippen LogP contribution < -0.4 is 10.1 Å². The van der Waals surface area contributed by atoms with Crippen molar-refractivity contribution in [2.75, 3.05) is 18.7 Å². The van der Waals surface area contributed by atoms with Gasteiger partial charge in [-0.2, -0.15) is 0 Å². The molecule has 0 radical (unpaired) electrons. The Bertz CT molecular complexity index is 785. The Kier molecular flexibility index (Phi) is 5.31. The summed E-state index contributed by atoms with van der Waals surface area (Å²) in [4.78, 5) is 0. The lowest BCUT2D eigenvalue weighted by atomic mass is 10.0. The quantitative estimate of drug-likeness (QED) is 0.875. The lowest BCUT2D eigenvalue weighted by Gasteiger charge is -2.18. The van der Waals surface area contributed by atoms with Crippen molar-refractivity contribution < 1.29 is 13.2 Å². The van der Waals surface area contributed by atoms with Gasteiger partial charge in [0.1, 0.15) is 5.75 Å². The van der Waals surface area contributed by atoms with Crippen molar-refractivity contribution >= 4 is 15.5 Å². The SMILES string of the molecule is COc1ccc([C@H](C)Nc2cccc(CS(C)(=O)=O)c2)cc1C. The summed E-state index contributed by atoms with van der Waals surface area (Å²) in [6.07, 6.45) is 1.25. The first-order chi connectivity index (χ1) is 10.8. The Morgan fingerprint density at radius 2 is 1.91 bits per heavy atom. The first kappa shape index (κ1) is 17.3. The van der Waals surface area contributed by atoms with Gasteiger partial charge in [0.25, 0.3) is 0 Å². The maximum absolute atomic E-state index is 11.4. The van der Waals surface area contributed by atoms with Crippen molar-refractivity contribution in [3.05, 3.63) is 59.2 Å². The molecule has 0 spiro atoms. The van der Waals surface area contributed by atoms with E-state index in [4.69, 9.17) is 4.74 Å². The van der Waals surface area contributed by atoms with Crippen LogP contribution in [0, 0.1) is 6.92 Å². The van der Waals surface area contributed by atoms with E-state index in [9.17, 15) is 8.42 Å². The van der Waals surface area contributed by atoms with Crippen molar-refractivity contribution in [3.63, 3.8) is 0 Å². The number of hydrogen-bond donors (Lipinski definition) is 1. The van der Waals surface area contributed by atoms with Gasteiger partial charge in [-0.25, -0.2) is 8.42 Å². The lowest BCUT2D eigenvalue weighted by molar-refractivity contribution is 0.411. The number of anilines is 1. The Morgan fingerprint density at radius 1 is 1.17 bits per heavy atom. The van der Waals surface area contributed by atoms with Gasteiger partial charge >= 0.3 is 0 Å². The zero-order valence-corrected chi connectivity index (χ0v) is 14.8. The molecule has 0 amide bonds. The van der Waals surface area contributed by atoms with Crippen LogP contribution in [0.3, 0.4) is 0 Å². The molecule has 2 aromatic carbocycles. The second-order valence-corrected chi connectivity index (χ2v) is 8.01. The van der Waals surface area contributed by atoms with Crippen LogP contribution >= 0.6 is 0 Å². The molecule has 0 heterocycles. The van der Waals surface area contributed by atoms with Gasteiger partial charge in [0.15, 0.2) is 9.84 Å². The molecule has 0 aliphatic carbocycles. The highest BCUT2D eigenvalue weighted by atomic mass is 32.2. The number of rotatable bonds is 6. The fraction of sp³-hybridized carbons (Fsp3) is 0.333. The lowest BCUT2D eigenvalue weighted by Crippen LogP contribution is -2.08. The van der Waals surface area contributed by atoms with Crippen LogP contribution in [-0.2, 0) is 15.6 Å². The molecule has 1 N–H and O–H groups in total. The molecule has 0 aromatic heterocycles. The van der Waals surface area contributed by atoms with Crippen LogP contribution in [0.1, 0.15) is 29.7 Å². The number of nitrogens with one attached hydrogen (secondary N) is 1. The van der Waals surface area contributed by atoms with Crippen LogP contribution in [0.5, 0.6) is 5.75 Å². The second-order valence-electron chi connectivity index (χ2n) is 5.87. The predicted octanol–water partition coefficient (Wildman–Crippen LogP) is 3.72. The summed E-state index contributed by atoms with van der Waals surface area (Å²) in [5.41, 5.74) is 3.93. The smallest absolute Gasteiger partial charge is 0.151 e. The number of hydrogen-bond acceptors (Lipinski definition) is 4. The van der Waals surface area contributed by atoms with Crippen molar-refractivity contribution in [2.45, 2.75) is 25.6 Å². The predicted molar refractivity (Wildman–Crippen MR) is 94.8 cm³/mol. The van der Waals surface area contributed by atoms with Gasteiger partial charge in [-0.1, -0.05) is 24.3 Å². The molecule has 0 unspecified atom stereocenters. The molecule has 5 heteroatoms. The highest BCUT2D eigenvalue weighted by molar-refractivity contribution is 7.89. The van der Waals surface area contributed by atoms with Crippen LogP contribution in [0.2, 0.25) is 0 Å². The summed E-state index contributed by atoms with van der Waals surface area (Å²) < 4.78 is 28.1. The highest BCUT2D eigenvalue weighted by Gasteiger charge is 2.09. The molecule has 124 valence electrons.